The number of likely N-dealkylation sites (N-methyl/N-ethyl adjacent to an activating group) is 1. The normalized spacial score (nSPS) is 22.9. The van der Waals surface area contributed by atoms with Gasteiger partial charge in [0.25, 0.3) is 0 Å². The molecule has 2 amide bonds. The smallest absolute Gasteiger partial charge is 0.248 e. The van der Waals surface area contributed by atoms with E-state index in [1.54, 1.807) is 27.1 Å². The highest BCUT2D eigenvalue weighted by atomic mass is 16.1. The molecule has 156 valence electrons. The van der Waals surface area contributed by atoms with Crippen LogP contribution in [0, 0.1) is 5.41 Å². The predicted octanol–water partition coefficient (Wildman–Crippen LogP) is 1.09. The van der Waals surface area contributed by atoms with Crippen molar-refractivity contribution in [3.63, 3.8) is 0 Å². The second-order valence-corrected chi connectivity index (χ2v) is 7.59. The lowest BCUT2D eigenvalue weighted by Crippen LogP contribution is -2.59. The van der Waals surface area contributed by atoms with Crippen LogP contribution in [0.1, 0.15) is 40.0 Å². The third kappa shape index (κ3) is 5.41. The molecule has 2 heterocycles. The monoisotopic (exact) mass is 390 g/mol. The third-order valence-corrected chi connectivity index (χ3v) is 5.72. The molecule has 2 aliphatic rings. The Hall–Kier alpha value is -2.22. The second kappa shape index (κ2) is 10.4. The zero-order valence-corrected chi connectivity index (χ0v) is 17.6. The maximum atomic E-state index is 11.7. The number of nitrogens with one attached hydrogen (secondary N) is 2. The molecule has 28 heavy (non-hydrogen) atoms. The zero-order chi connectivity index (χ0) is 20.7. The third-order valence-electron chi connectivity index (χ3n) is 5.72. The van der Waals surface area contributed by atoms with Crippen molar-refractivity contribution < 1.29 is 9.59 Å². The average molecular weight is 391 g/mol. The molecule has 0 aromatic heterocycles. The van der Waals surface area contributed by atoms with Crippen LogP contribution in [0.4, 0.5) is 0 Å². The molecule has 2 aliphatic heterocycles. The molecule has 2 saturated heterocycles. The summed E-state index contributed by atoms with van der Waals surface area (Å²) >= 11 is 0. The number of hydrogen-bond donors (Lipinski definition) is 2. The maximum Gasteiger partial charge on any atom is 0.248 e. The van der Waals surface area contributed by atoms with Gasteiger partial charge in [-0.15, -0.1) is 0 Å². The fourth-order valence-corrected chi connectivity index (χ4v) is 4.06. The van der Waals surface area contributed by atoms with Crippen LogP contribution in [0.3, 0.4) is 0 Å². The highest BCUT2D eigenvalue weighted by molar-refractivity contribution is 6.39. The van der Waals surface area contributed by atoms with Gasteiger partial charge in [0.15, 0.2) is 0 Å². The first-order valence-corrected chi connectivity index (χ1v) is 10.1. The number of carbonyl (C=O) groups is 2. The van der Waals surface area contributed by atoms with E-state index in [1.165, 1.54) is 0 Å². The number of nitrogens with zero attached hydrogens (tertiary/aromatic N) is 4. The minimum Gasteiger partial charge on any atom is -0.355 e. The van der Waals surface area contributed by atoms with Crippen LogP contribution in [-0.2, 0) is 9.59 Å². The summed E-state index contributed by atoms with van der Waals surface area (Å²) in [4.78, 5) is 33.7. The molecule has 1 unspecified atom stereocenters. The first-order valence-electron chi connectivity index (χ1n) is 10.1. The molecule has 0 spiro atoms. The van der Waals surface area contributed by atoms with E-state index in [9.17, 15) is 9.59 Å². The molecular weight excluding hydrogens is 356 g/mol. The molecule has 0 saturated carbocycles. The van der Waals surface area contributed by atoms with Crippen molar-refractivity contribution in [3.8, 4) is 0 Å². The molecule has 0 aliphatic carbocycles. The van der Waals surface area contributed by atoms with Gasteiger partial charge in [-0.05, 0) is 33.1 Å². The Balaban J connectivity index is 2.08. The lowest BCUT2D eigenvalue weighted by molar-refractivity contribution is -0.120. The summed E-state index contributed by atoms with van der Waals surface area (Å²) in [6.45, 7) is 9.89. The average Bonchev–Trinajstić information content (AvgIpc) is 2.72. The number of aliphatic imine (C=N–C) groups is 1. The Morgan fingerprint density at radius 1 is 1.21 bits per heavy atom. The standard InChI is InChI=1S/C20H34N6O2/c1-5-17-13-25(19(16(3)21)23-12-15(2)20(28)22-4)10-11-26(17)18-6-8-24(14-27)9-7-18/h12,14,17-18,21H,5-11,13H2,1-4H3,(H,22,28)/b15-12+,21-16?,23-19?. The fourth-order valence-electron chi connectivity index (χ4n) is 4.06. The number of amides is 2. The van der Waals surface area contributed by atoms with Gasteiger partial charge in [0.1, 0.15) is 5.84 Å². The van der Waals surface area contributed by atoms with Crippen LogP contribution in [-0.4, -0.2) is 90.4 Å². The molecule has 2 N–H and O–H groups in total. The van der Waals surface area contributed by atoms with Crippen LogP contribution in [0.2, 0.25) is 0 Å². The molecule has 2 fully saturated rings. The van der Waals surface area contributed by atoms with E-state index in [-0.39, 0.29) is 5.91 Å². The van der Waals surface area contributed by atoms with Crippen LogP contribution < -0.4 is 5.32 Å². The van der Waals surface area contributed by atoms with Gasteiger partial charge in [0.05, 0.1) is 5.71 Å². The number of piperidine rings is 1. The summed E-state index contributed by atoms with van der Waals surface area (Å²) in [7, 11) is 1.59. The topological polar surface area (TPSA) is 92.1 Å². The van der Waals surface area contributed by atoms with E-state index in [0.717, 1.165) is 58.4 Å². The lowest BCUT2D eigenvalue weighted by atomic mass is 9.98. The molecule has 0 radical (unpaired) electrons. The van der Waals surface area contributed by atoms with Gasteiger partial charge in [-0.2, -0.15) is 0 Å². The van der Waals surface area contributed by atoms with Gasteiger partial charge in [0.2, 0.25) is 12.3 Å². The van der Waals surface area contributed by atoms with Gasteiger partial charge in [-0.25, -0.2) is 4.99 Å². The molecule has 1 atom stereocenters. The number of likely N-dealkylation sites (tertiary alicyclic amines) is 1. The van der Waals surface area contributed by atoms with Crippen molar-refractivity contribution in [2.24, 2.45) is 4.99 Å². The first kappa shape index (κ1) is 22.1. The second-order valence-electron chi connectivity index (χ2n) is 7.59. The van der Waals surface area contributed by atoms with Crippen LogP contribution >= 0.6 is 0 Å². The van der Waals surface area contributed by atoms with E-state index in [0.29, 0.717) is 29.2 Å². The van der Waals surface area contributed by atoms with Crippen molar-refractivity contribution in [2.75, 3.05) is 39.8 Å². The van der Waals surface area contributed by atoms with E-state index < -0.39 is 0 Å². The summed E-state index contributed by atoms with van der Waals surface area (Å²) in [5.41, 5.74) is 0.928. The van der Waals surface area contributed by atoms with Crippen LogP contribution in [0.25, 0.3) is 0 Å². The van der Waals surface area contributed by atoms with E-state index in [1.807, 2.05) is 4.90 Å². The van der Waals surface area contributed by atoms with Gasteiger partial charge in [0, 0.05) is 63.6 Å². The SMILES string of the molecule is CCC1CN(C(=N/C=C(\C)C(=O)NC)C(C)=N)CCN1C1CCN(C=O)CC1. The maximum absolute atomic E-state index is 11.7. The lowest BCUT2D eigenvalue weighted by Gasteiger charge is -2.47. The highest BCUT2D eigenvalue weighted by Gasteiger charge is 2.33. The van der Waals surface area contributed by atoms with Gasteiger partial charge >= 0.3 is 0 Å². The number of carbonyl (C=O) groups excluding carboxylic acids is 2. The predicted molar refractivity (Wildman–Crippen MR) is 112 cm³/mol. The minimum absolute atomic E-state index is 0.163. The molecule has 0 aromatic rings. The van der Waals surface area contributed by atoms with Crippen LogP contribution in [0.5, 0.6) is 0 Å². The Bertz CT molecular complexity index is 637. The molecule has 8 heteroatoms. The van der Waals surface area contributed by atoms with Crippen LogP contribution in [0.15, 0.2) is 16.8 Å². The summed E-state index contributed by atoms with van der Waals surface area (Å²) in [6, 6.07) is 0.912. The van der Waals surface area contributed by atoms with Crippen molar-refractivity contribution in [3.05, 3.63) is 11.8 Å². The van der Waals surface area contributed by atoms with Crippen molar-refractivity contribution in [2.45, 2.75) is 52.1 Å². The summed E-state index contributed by atoms with van der Waals surface area (Å²) in [6.07, 6.45) is 5.58. The summed E-state index contributed by atoms with van der Waals surface area (Å²) < 4.78 is 0. The summed E-state index contributed by atoms with van der Waals surface area (Å²) in [5.74, 6) is 0.473. The molecule has 8 nitrogen and oxygen atoms in total. The Morgan fingerprint density at radius 2 is 1.89 bits per heavy atom. The Kier molecular flexibility index (Phi) is 8.17. The molecule has 2 rings (SSSR count). The van der Waals surface area contributed by atoms with Crippen molar-refractivity contribution in [1.29, 1.82) is 5.41 Å². The quantitative estimate of drug-likeness (QED) is 0.307. The summed E-state index contributed by atoms with van der Waals surface area (Å²) in [5, 5.41) is 10.7. The Morgan fingerprint density at radius 3 is 2.43 bits per heavy atom. The molecular formula is C20H34N6O2. The Labute approximate surface area is 168 Å². The largest absolute Gasteiger partial charge is 0.355 e. The van der Waals surface area contributed by atoms with Crippen molar-refractivity contribution >= 4 is 23.9 Å². The van der Waals surface area contributed by atoms with E-state index in [4.69, 9.17) is 5.41 Å². The van der Waals surface area contributed by atoms with E-state index in [2.05, 4.69) is 27.0 Å². The molecule has 0 bridgehead atoms. The van der Waals surface area contributed by atoms with Gasteiger partial charge in [-0.1, -0.05) is 6.92 Å². The highest BCUT2D eigenvalue weighted by Crippen LogP contribution is 2.23. The zero-order valence-electron chi connectivity index (χ0n) is 17.6. The number of hydrogen-bond acceptors (Lipinski definition) is 5. The molecule has 0 aromatic carbocycles. The van der Waals surface area contributed by atoms with Gasteiger partial charge in [-0.3, -0.25) is 14.5 Å². The fraction of sp³-hybridized carbons (Fsp3) is 0.700. The van der Waals surface area contributed by atoms with Gasteiger partial charge < -0.3 is 20.5 Å². The number of rotatable bonds is 6. The number of piperazine rings is 1. The minimum atomic E-state index is -0.163. The van der Waals surface area contributed by atoms with Crippen molar-refractivity contribution in [1.82, 2.24) is 20.0 Å². The van der Waals surface area contributed by atoms with E-state index >= 15 is 0 Å². The number of amidine groups is 1. The first-order chi connectivity index (χ1) is 13.4.